The van der Waals surface area contributed by atoms with E-state index in [2.05, 4.69) is 27.9 Å². The molecule has 6 heteroatoms. The highest BCUT2D eigenvalue weighted by Gasteiger charge is 2.26. The first-order valence-corrected chi connectivity index (χ1v) is 7.99. The predicted molar refractivity (Wildman–Crippen MR) is 84.0 cm³/mol. The monoisotopic (exact) mass is 387 g/mol. The van der Waals surface area contributed by atoms with Gasteiger partial charge in [0.2, 0.25) is 0 Å². The van der Waals surface area contributed by atoms with Crippen LogP contribution in [0, 0.1) is 0 Å². The second-order valence-electron chi connectivity index (χ2n) is 5.48. The average molecular weight is 387 g/mol. The van der Waals surface area contributed by atoms with Crippen molar-refractivity contribution in [1.29, 1.82) is 0 Å². The van der Waals surface area contributed by atoms with Crippen molar-refractivity contribution in [2.45, 2.75) is 45.8 Å². The zero-order chi connectivity index (χ0) is 14.9. The zero-order valence-electron chi connectivity index (χ0n) is 12.5. The van der Waals surface area contributed by atoms with Crippen molar-refractivity contribution in [3.63, 3.8) is 0 Å². The molecule has 0 aromatic rings. The summed E-state index contributed by atoms with van der Waals surface area (Å²) in [6.07, 6.45) is -0.419. The van der Waals surface area contributed by atoms with E-state index in [0.29, 0.717) is 26.4 Å². The van der Waals surface area contributed by atoms with Crippen LogP contribution in [0.3, 0.4) is 0 Å². The first kappa shape index (κ1) is 18.9. The molecule has 0 spiro atoms. The summed E-state index contributed by atoms with van der Waals surface area (Å²) in [5.74, 6) is 0. The molecule has 1 atom stereocenters. The Bertz CT molecular complexity index is 268. The van der Waals surface area contributed by atoms with Crippen LogP contribution in [0.25, 0.3) is 0 Å². The third kappa shape index (κ3) is 10.4. The topological polar surface area (TPSA) is 56.8 Å². The minimum atomic E-state index is -0.485. The number of hydrogen-bond donors (Lipinski definition) is 1. The Balaban J connectivity index is 4.05. The Morgan fingerprint density at radius 3 is 2.32 bits per heavy atom. The summed E-state index contributed by atoms with van der Waals surface area (Å²) in [7, 11) is 0. The van der Waals surface area contributed by atoms with Gasteiger partial charge in [-0.05, 0) is 34.6 Å². The molecule has 0 saturated carbocycles. The number of amides is 1. The summed E-state index contributed by atoms with van der Waals surface area (Å²) in [5, 5.41) is 2.74. The molecule has 0 bridgehead atoms. The van der Waals surface area contributed by atoms with Gasteiger partial charge in [-0.25, -0.2) is 4.79 Å². The SMILES string of the molecule is CCOCCOC(C)(CI)CNC(=O)OC(C)(C)C. The maximum atomic E-state index is 11.6. The number of ether oxygens (including phenoxy) is 3. The van der Waals surface area contributed by atoms with Crippen molar-refractivity contribution in [3.8, 4) is 0 Å². The van der Waals surface area contributed by atoms with E-state index in [1.54, 1.807) is 0 Å². The van der Waals surface area contributed by atoms with E-state index < -0.39 is 17.3 Å². The summed E-state index contributed by atoms with van der Waals surface area (Å²) in [5.41, 5.74) is -0.894. The van der Waals surface area contributed by atoms with Gasteiger partial charge in [0.05, 0.1) is 25.4 Å². The van der Waals surface area contributed by atoms with Gasteiger partial charge in [-0.2, -0.15) is 0 Å². The van der Waals surface area contributed by atoms with Gasteiger partial charge in [0.15, 0.2) is 0 Å². The number of hydrogen-bond acceptors (Lipinski definition) is 4. The molecule has 1 N–H and O–H groups in total. The van der Waals surface area contributed by atoms with E-state index in [1.807, 2.05) is 34.6 Å². The predicted octanol–water partition coefficient (Wildman–Crippen LogP) is 2.76. The Labute approximate surface area is 129 Å². The molecule has 0 aromatic heterocycles. The van der Waals surface area contributed by atoms with Crippen molar-refractivity contribution in [2.24, 2.45) is 0 Å². The smallest absolute Gasteiger partial charge is 0.407 e. The molecular weight excluding hydrogens is 361 g/mol. The molecule has 1 unspecified atom stereocenters. The van der Waals surface area contributed by atoms with E-state index in [-0.39, 0.29) is 0 Å². The van der Waals surface area contributed by atoms with Gasteiger partial charge in [0.25, 0.3) is 0 Å². The van der Waals surface area contributed by atoms with Crippen molar-refractivity contribution in [1.82, 2.24) is 5.32 Å². The van der Waals surface area contributed by atoms with Crippen LogP contribution in [0.15, 0.2) is 0 Å². The lowest BCUT2D eigenvalue weighted by molar-refractivity contribution is -0.0397. The van der Waals surface area contributed by atoms with Gasteiger partial charge in [-0.3, -0.25) is 0 Å². The number of carbonyl (C=O) groups excluding carboxylic acids is 1. The largest absolute Gasteiger partial charge is 0.444 e. The molecule has 0 aliphatic carbocycles. The van der Waals surface area contributed by atoms with Gasteiger partial charge in [-0.1, -0.05) is 22.6 Å². The van der Waals surface area contributed by atoms with Crippen molar-refractivity contribution in [3.05, 3.63) is 0 Å². The molecule has 0 fully saturated rings. The lowest BCUT2D eigenvalue weighted by Gasteiger charge is -2.29. The standard InChI is InChI=1S/C13H26INO4/c1-6-17-7-8-18-13(5,9-14)10-15-11(16)19-12(2,3)4/h6-10H2,1-5H3,(H,15,16). The number of rotatable bonds is 8. The van der Waals surface area contributed by atoms with Gasteiger partial charge in [-0.15, -0.1) is 0 Å². The second-order valence-corrected chi connectivity index (χ2v) is 6.25. The number of carbonyl (C=O) groups is 1. The zero-order valence-corrected chi connectivity index (χ0v) is 14.7. The second kappa shape index (κ2) is 8.97. The fraction of sp³-hybridized carbons (Fsp3) is 0.923. The van der Waals surface area contributed by atoms with Crippen LogP contribution >= 0.6 is 22.6 Å². The first-order valence-electron chi connectivity index (χ1n) is 6.47. The van der Waals surface area contributed by atoms with Crippen LogP contribution in [0.4, 0.5) is 4.79 Å². The van der Waals surface area contributed by atoms with Crippen LogP contribution in [0.1, 0.15) is 34.6 Å². The van der Waals surface area contributed by atoms with E-state index >= 15 is 0 Å². The first-order chi connectivity index (χ1) is 8.72. The van der Waals surface area contributed by atoms with Crippen LogP contribution in [-0.2, 0) is 14.2 Å². The quantitative estimate of drug-likeness (QED) is 0.395. The van der Waals surface area contributed by atoms with E-state index in [1.165, 1.54) is 0 Å². The average Bonchev–Trinajstić information content (AvgIpc) is 2.30. The highest BCUT2D eigenvalue weighted by molar-refractivity contribution is 14.1. The van der Waals surface area contributed by atoms with Gasteiger partial charge in [0, 0.05) is 11.0 Å². The maximum Gasteiger partial charge on any atom is 0.407 e. The molecule has 0 heterocycles. The van der Waals surface area contributed by atoms with Gasteiger partial charge < -0.3 is 19.5 Å². The van der Waals surface area contributed by atoms with E-state index in [4.69, 9.17) is 14.2 Å². The number of alkyl carbamates (subject to hydrolysis) is 1. The van der Waals surface area contributed by atoms with Crippen molar-refractivity contribution >= 4 is 28.7 Å². The molecule has 0 rings (SSSR count). The summed E-state index contributed by atoms with van der Waals surface area (Å²) in [4.78, 5) is 11.6. The van der Waals surface area contributed by atoms with Crippen LogP contribution < -0.4 is 5.32 Å². The van der Waals surface area contributed by atoms with Crippen molar-refractivity contribution < 1.29 is 19.0 Å². The molecule has 0 aromatic carbocycles. The molecule has 19 heavy (non-hydrogen) atoms. The molecule has 0 aliphatic rings. The maximum absolute atomic E-state index is 11.6. The lowest BCUT2D eigenvalue weighted by Crippen LogP contribution is -2.46. The van der Waals surface area contributed by atoms with Crippen LogP contribution in [0.5, 0.6) is 0 Å². The Morgan fingerprint density at radius 1 is 1.21 bits per heavy atom. The van der Waals surface area contributed by atoms with Gasteiger partial charge in [0.1, 0.15) is 5.60 Å². The van der Waals surface area contributed by atoms with Crippen LogP contribution in [0.2, 0.25) is 0 Å². The fourth-order valence-electron chi connectivity index (χ4n) is 1.20. The number of nitrogens with one attached hydrogen (secondary N) is 1. The van der Waals surface area contributed by atoms with E-state index in [0.717, 1.165) is 4.43 Å². The number of halogens is 1. The minimum absolute atomic E-state index is 0.408. The highest BCUT2D eigenvalue weighted by atomic mass is 127. The molecule has 114 valence electrons. The molecular formula is C13H26INO4. The normalized spacial score (nSPS) is 14.8. The highest BCUT2D eigenvalue weighted by Crippen LogP contribution is 2.14. The molecule has 0 aliphatic heterocycles. The minimum Gasteiger partial charge on any atom is -0.444 e. The molecule has 0 radical (unpaired) electrons. The van der Waals surface area contributed by atoms with Crippen molar-refractivity contribution in [2.75, 3.05) is 30.8 Å². The third-order valence-corrected chi connectivity index (χ3v) is 3.78. The van der Waals surface area contributed by atoms with Crippen LogP contribution in [-0.4, -0.2) is 48.1 Å². The summed E-state index contributed by atoms with van der Waals surface area (Å²) >= 11 is 2.24. The van der Waals surface area contributed by atoms with Gasteiger partial charge >= 0.3 is 6.09 Å². The van der Waals surface area contributed by atoms with E-state index in [9.17, 15) is 4.79 Å². The molecule has 5 nitrogen and oxygen atoms in total. The third-order valence-electron chi connectivity index (χ3n) is 2.17. The summed E-state index contributed by atoms with van der Waals surface area (Å²) in [6, 6.07) is 0. The molecule has 1 amide bonds. The number of alkyl halides is 1. The Morgan fingerprint density at radius 2 is 1.84 bits per heavy atom. The molecule has 0 saturated heterocycles. The summed E-state index contributed by atoms with van der Waals surface area (Å²) < 4.78 is 16.9. The fourth-order valence-corrected chi connectivity index (χ4v) is 1.69. The lowest BCUT2D eigenvalue weighted by atomic mass is 10.1. The summed E-state index contributed by atoms with van der Waals surface area (Å²) in [6.45, 7) is 11.6. The Kier molecular flexibility index (Phi) is 8.93. The Hall–Kier alpha value is -0.0800.